The molecule has 1 aliphatic rings. The van der Waals surface area contributed by atoms with E-state index >= 15 is 0 Å². The molecular formula is C16H28N2O6Si. The first-order chi connectivity index (χ1) is 11.5. The van der Waals surface area contributed by atoms with Crippen molar-refractivity contribution in [3.05, 3.63) is 33.1 Å². The van der Waals surface area contributed by atoms with Crippen LogP contribution in [0.4, 0.5) is 0 Å². The zero-order valence-corrected chi connectivity index (χ0v) is 16.6. The van der Waals surface area contributed by atoms with Crippen molar-refractivity contribution in [1.29, 1.82) is 0 Å². The van der Waals surface area contributed by atoms with Gasteiger partial charge < -0.3 is 19.0 Å². The minimum absolute atomic E-state index is 0.0342. The summed E-state index contributed by atoms with van der Waals surface area (Å²) >= 11 is 0. The van der Waals surface area contributed by atoms with Crippen LogP contribution in [-0.4, -0.2) is 55.0 Å². The average Bonchev–Trinajstić information content (AvgIpc) is 2.80. The Hall–Kier alpha value is -1.26. The Morgan fingerprint density at radius 3 is 2.52 bits per heavy atom. The number of hydrogen-bond donors (Lipinski definition) is 2. The molecule has 9 heteroatoms. The van der Waals surface area contributed by atoms with Crippen LogP contribution in [0.5, 0.6) is 0 Å². The largest absolute Gasteiger partial charge is 0.414 e. The Bertz CT molecular complexity index is 708. The standard InChI is InChI=1S/C16H28N2O6Si/c1-16(2,3)25(5,6)23-9-10-12(20)13(22-4)14(24-10)18-8-7-11(19)17-15(18)21/h7-8,10,12-14,20H,9H2,1-6H3,(H,17,19,21)/t10-,12?,13?,14-/m0/s1. The van der Waals surface area contributed by atoms with Crippen molar-refractivity contribution in [2.75, 3.05) is 13.7 Å². The Balaban J connectivity index is 2.18. The second kappa shape index (κ2) is 7.16. The lowest BCUT2D eigenvalue weighted by molar-refractivity contribution is -0.0613. The van der Waals surface area contributed by atoms with Crippen molar-refractivity contribution < 1.29 is 19.0 Å². The molecule has 0 aromatic carbocycles. The number of nitrogens with zero attached hydrogens (tertiary/aromatic N) is 1. The van der Waals surface area contributed by atoms with Crippen molar-refractivity contribution in [1.82, 2.24) is 9.55 Å². The molecule has 0 bridgehead atoms. The molecule has 1 fully saturated rings. The predicted molar refractivity (Wildman–Crippen MR) is 95.2 cm³/mol. The molecule has 1 aromatic heterocycles. The molecule has 8 nitrogen and oxygen atoms in total. The summed E-state index contributed by atoms with van der Waals surface area (Å²) in [6.45, 7) is 10.8. The molecule has 0 aliphatic carbocycles. The summed E-state index contributed by atoms with van der Waals surface area (Å²) in [6, 6.07) is 1.23. The normalized spacial score (nSPS) is 27.6. The van der Waals surface area contributed by atoms with E-state index in [0.29, 0.717) is 0 Å². The fourth-order valence-electron chi connectivity index (χ4n) is 2.47. The third-order valence-electron chi connectivity index (χ3n) is 5.12. The van der Waals surface area contributed by atoms with Gasteiger partial charge in [-0.2, -0.15) is 0 Å². The Morgan fingerprint density at radius 2 is 2.00 bits per heavy atom. The zero-order valence-electron chi connectivity index (χ0n) is 15.6. The van der Waals surface area contributed by atoms with E-state index in [2.05, 4.69) is 38.8 Å². The van der Waals surface area contributed by atoms with Crippen molar-refractivity contribution in [3.8, 4) is 0 Å². The second-order valence-electron chi connectivity index (χ2n) is 7.84. The van der Waals surface area contributed by atoms with Crippen LogP contribution in [0.15, 0.2) is 21.9 Å². The van der Waals surface area contributed by atoms with Gasteiger partial charge in [0.15, 0.2) is 14.5 Å². The minimum Gasteiger partial charge on any atom is -0.414 e. The van der Waals surface area contributed by atoms with Crippen LogP contribution < -0.4 is 11.2 Å². The van der Waals surface area contributed by atoms with Gasteiger partial charge >= 0.3 is 5.69 Å². The maximum absolute atomic E-state index is 12.0. The van der Waals surface area contributed by atoms with Crippen LogP contribution in [0, 0.1) is 0 Å². The van der Waals surface area contributed by atoms with Gasteiger partial charge in [0, 0.05) is 19.4 Å². The molecule has 0 amide bonds. The number of aromatic nitrogens is 2. The Labute approximate surface area is 147 Å². The molecule has 0 saturated carbocycles. The molecule has 2 N–H and O–H groups in total. The predicted octanol–water partition coefficient (Wildman–Crippen LogP) is 0.832. The van der Waals surface area contributed by atoms with E-state index in [0.717, 1.165) is 0 Å². The average molecular weight is 372 g/mol. The Kier molecular flexibility index (Phi) is 5.74. The minimum atomic E-state index is -2.00. The topological polar surface area (TPSA) is 103 Å². The summed E-state index contributed by atoms with van der Waals surface area (Å²) < 4.78 is 18.5. The first-order valence-electron chi connectivity index (χ1n) is 8.29. The molecule has 142 valence electrons. The number of ether oxygens (including phenoxy) is 2. The number of aliphatic hydroxyl groups excluding tert-OH is 1. The highest BCUT2D eigenvalue weighted by Crippen LogP contribution is 2.38. The van der Waals surface area contributed by atoms with Crippen molar-refractivity contribution in [2.45, 2.75) is 63.4 Å². The molecule has 0 spiro atoms. The molecular weight excluding hydrogens is 344 g/mol. The van der Waals surface area contributed by atoms with Crippen LogP contribution in [0.1, 0.15) is 27.0 Å². The first kappa shape index (κ1) is 20.1. The van der Waals surface area contributed by atoms with Crippen molar-refractivity contribution in [3.63, 3.8) is 0 Å². The number of aromatic amines is 1. The SMILES string of the molecule is COC1C(O)[C@H](CO[Si](C)(C)C(C)(C)C)O[C@@H]1n1ccc(=O)[nH]c1=O. The molecule has 2 heterocycles. The fourth-order valence-corrected chi connectivity index (χ4v) is 3.48. The molecule has 1 aliphatic heterocycles. The molecule has 4 atom stereocenters. The van der Waals surface area contributed by atoms with E-state index in [9.17, 15) is 14.7 Å². The van der Waals surface area contributed by atoms with Gasteiger partial charge in [0.05, 0.1) is 6.61 Å². The van der Waals surface area contributed by atoms with Crippen LogP contribution in [-0.2, 0) is 13.9 Å². The summed E-state index contributed by atoms with van der Waals surface area (Å²) in [4.78, 5) is 25.4. The van der Waals surface area contributed by atoms with Gasteiger partial charge in [-0.05, 0) is 18.1 Å². The van der Waals surface area contributed by atoms with E-state index in [1.54, 1.807) is 0 Å². The summed E-state index contributed by atoms with van der Waals surface area (Å²) in [5, 5.41) is 10.6. The van der Waals surface area contributed by atoms with E-state index in [-0.39, 0.29) is 11.6 Å². The number of H-pyrrole nitrogens is 1. The molecule has 0 radical (unpaired) electrons. The fraction of sp³-hybridized carbons (Fsp3) is 0.750. The van der Waals surface area contributed by atoms with Gasteiger partial charge in [-0.25, -0.2) is 4.79 Å². The van der Waals surface area contributed by atoms with Crippen molar-refractivity contribution >= 4 is 8.32 Å². The third kappa shape index (κ3) is 4.12. The van der Waals surface area contributed by atoms with Gasteiger partial charge in [0.2, 0.25) is 0 Å². The molecule has 1 aromatic rings. The number of aliphatic hydroxyl groups is 1. The molecule has 2 rings (SSSR count). The smallest absolute Gasteiger partial charge is 0.330 e. The van der Waals surface area contributed by atoms with E-state index in [4.69, 9.17) is 13.9 Å². The van der Waals surface area contributed by atoms with Crippen molar-refractivity contribution in [2.24, 2.45) is 0 Å². The number of nitrogens with one attached hydrogen (secondary N) is 1. The van der Waals surface area contributed by atoms with Crippen LogP contribution in [0.2, 0.25) is 18.1 Å². The molecule has 2 unspecified atom stereocenters. The highest BCUT2D eigenvalue weighted by Gasteiger charge is 2.47. The quantitative estimate of drug-likeness (QED) is 0.742. The van der Waals surface area contributed by atoms with Gasteiger partial charge in [0.1, 0.15) is 18.3 Å². The highest BCUT2D eigenvalue weighted by atomic mass is 28.4. The maximum Gasteiger partial charge on any atom is 0.330 e. The Morgan fingerprint density at radius 1 is 1.36 bits per heavy atom. The summed E-state index contributed by atoms with van der Waals surface area (Å²) in [6.07, 6.45) is -1.81. The lowest BCUT2D eigenvalue weighted by Crippen LogP contribution is -2.44. The van der Waals surface area contributed by atoms with E-state index in [1.807, 2.05) is 0 Å². The molecule has 1 saturated heterocycles. The zero-order chi connectivity index (χ0) is 19.0. The number of rotatable bonds is 5. The van der Waals surface area contributed by atoms with E-state index < -0.39 is 44.1 Å². The first-order valence-corrected chi connectivity index (χ1v) is 11.2. The molecule has 25 heavy (non-hydrogen) atoms. The third-order valence-corrected chi connectivity index (χ3v) is 9.63. The van der Waals surface area contributed by atoms with Gasteiger partial charge in [-0.15, -0.1) is 0 Å². The van der Waals surface area contributed by atoms with E-state index in [1.165, 1.54) is 23.9 Å². The highest BCUT2D eigenvalue weighted by molar-refractivity contribution is 6.74. The maximum atomic E-state index is 12.0. The van der Waals surface area contributed by atoms with Gasteiger partial charge in [-0.1, -0.05) is 20.8 Å². The number of methoxy groups -OCH3 is 1. The second-order valence-corrected chi connectivity index (χ2v) is 12.7. The van der Waals surface area contributed by atoms with Gasteiger partial charge in [0.25, 0.3) is 5.56 Å². The number of hydrogen-bond acceptors (Lipinski definition) is 6. The summed E-state index contributed by atoms with van der Waals surface area (Å²) in [7, 11) is -0.559. The monoisotopic (exact) mass is 372 g/mol. The van der Waals surface area contributed by atoms with Gasteiger partial charge in [-0.3, -0.25) is 14.3 Å². The lowest BCUT2D eigenvalue weighted by atomic mass is 10.1. The van der Waals surface area contributed by atoms with Crippen LogP contribution >= 0.6 is 0 Å². The lowest BCUT2D eigenvalue weighted by Gasteiger charge is -2.37. The summed E-state index contributed by atoms with van der Waals surface area (Å²) in [5.74, 6) is 0. The van der Waals surface area contributed by atoms with Crippen LogP contribution in [0.3, 0.4) is 0 Å². The summed E-state index contributed by atoms with van der Waals surface area (Å²) in [5.41, 5.74) is -1.11. The van der Waals surface area contributed by atoms with Crippen LogP contribution in [0.25, 0.3) is 0 Å².